The highest BCUT2D eigenvalue weighted by Crippen LogP contribution is 2.30. The lowest BCUT2D eigenvalue weighted by molar-refractivity contribution is 0.418. The van der Waals surface area contributed by atoms with Gasteiger partial charge in [-0.2, -0.15) is 0 Å². The van der Waals surface area contributed by atoms with Gasteiger partial charge < -0.3 is 10.2 Å². The summed E-state index contributed by atoms with van der Waals surface area (Å²) in [7, 11) is 2.26. The van der Waals surface area contributed by atoms with Crippen molar-refractivity contribution >= 4 is 21.6 Å². The summed E-state index contributed by atoms with van der Waals surface area (Å²) >= 11 is 3.62. The monoisotopic (exact) mass is 352 g/mol. The Bertz CT molecular complexity index is 459. The number of hydrogen-bond acceptors (Lipinski definition) is 2. The molecule has 0 aliphatic heterocycles. The van der Waals surface area contributed by atoms with Crippen molar-refractivity contribution in [3.63, 3.8) is 0 Å². The summed E-state index contributed by atoms with van der Waals surface area (Å²) in [5.74, 6) is 0. The van der Waals surface area contributed by atoms with Gasteiger partial charge in [-0.1, -0.05) is 35.2 Å². The zero-order valence-electron chi connectivity index (χ0n) is 13.9. The van der Waals surface area contributed by atoms with Crippen LogP contribution < -0.4 is 10.2 Å². The topological polar surface area (TPSA) is 15.3 Å². The van der Waals surface area contributed by atoms with E-state index in [1.807, 2.05) is 0 Å². The number of hydrogen-bond donors (Lipinski definition) is 1. The van der Waals surface area contributed by atoms with Crippen LogP contribution in [0.3, 0.4) is 0 Å². The number of benzene rings is 1. The Morgan fingerprint density at radius 2 is 1.86 bits per heavy atom. The van der Waals surface area contributed by atoms with Gasteiger partial charge in [-0.3, -0.25) is 0 Å². The first kappa shape index (κ1) is 16.8. The summed E-state index contributed by atoms with van der Waals surface area (Å²) in [6.07, 6.45) is 6.82. The van der Waals surface area contributed by atoms with Gasteiger partial charge in [-0.15, -0.1) is 0 Å². The minimum Gasteiger partial charge on any atom is -0.371 e. The Kier molecular flexibility index (Phi) is 5.73. The fraction of sp³-hybridized carbons (Fsp3) is 0.667. The second-order valence-corrected chi connectivity index (χ2v) is 8.20. The number of anilines is 1. The van der Waals surface area contributed by atoms with Crippen LogP contribution in [0.1, 0.15) is 58.4 Å². The van der Waals surface area contributed by atoms with Crippen LogP contribution in [-0.2, 0) is 6.54 Å². The molecule has 1 aliphatic carbocycles. The summed E-state index contributed by atoms with van der Waals surface area (Å²) in [4.78, 5) is 2.51. The van der Waals surface area contributed by atoms with E-state index in [4.69, 9.17) is 0 Å². The van der Waals surface area contributed by atoms with Crippen molar-refractivity contribution in [2.75, 3.05) is 11.9 Å². The van der Waals surface area contributed by atoms with E-state index in [1.54, 1.807) is 0 Å². The number of nitrogens with zero attached hydrogens (tertiary/aromatic N) is 1. The van der Waals surface area contributed by atoms with Crippen LogP contribution in [0.25, 0.3) is 0 Å². The summed E-state index contributed by atoms with van der Waals surface area (Å²) in [6.45, 7) is 7.57. The zero-order valence-corrected chi connectivity index (χ0v) is 15.5. The molecule has 1 N–H and O–H groups in total. The Morgan fingerprint density at radius 3 is 2.48 bits per heavy atom. The van der Waals surface area contributed by atoms with Crippen LogP contribution in [0.4, 0.5) is 5.69 Å². The second-order valence-electron chi connectivity index (χ2n) is 7.28. The van der Waals surface area contributed by atoms with Crippen LogP contribution in [-0.4, -0.2) is 18.6 Å². The van der Waals surface area contributed by atoms with Gasteiger partial charge in [0.05, 0.1) is 0 Å². The van der Waals surface area contributed by atoms with Crippen molar-refractivity contribution in [1.29, 1.82) is 0 Å². The highest BCUT2D eigenvalue weighted by Gasteiger charge is 2.20. The van der Waals surface area contributed by atoms with Crippen LogP contribution in [0.15, 0.2) is 22.7 Å². The maximum Gasteiger partial charge on any atom is 0.0412 e. The minimum atomic E-state index is 0.142. The van der Waals surface area contributed by atoms with Crippen molar-refractivity contribution in [2.24, 2.45) is 0 Å². The summed E-state index contributed by atoms with van der Waals surface area (Å²) in [5.41, 5.74) is 2.90. The van der Waals surface area contributed by atoms with Gasteiger partial charge in [-0.05, 0) is 57.4 Å². The molecule has 1 aromatic carbocycles. The standard InChI is InChI=1S/C18H29BrN2/c1-18(2,3)20-13-14-12-15(19)10-11-17(14)21(4)16-8-6-5-7-9-16/h10-12,16,20H,5-9,13H2,1-4H3. The van der Waals surface area contributed by atoms with Crippen LogP contribution in [0, 0.1) is 0 Å². The van der Waals surface area contributed by atoms with Gasteiger partial charge in [0, 0.05) is 35.3 Å². The Labute approximate surface area is 138 Å². The van der Waals surface area contributed by atoms with E-state index in [0.29, 0.717) is 6.04 Å². The van der Waals surface area contributed by atoms with Crippen molar-refractivity contribution in [3.8, 4) is 0 Å². The van der Waals surface area contributed by atoms with E-state index in [0.717, 1.165) is 11.0 Å². The predicted octanol–water partition coefficient (Wildman–Crippen LogP) is 5.11. The molecule has 0 atom stereocenters. The van der Waals surface area contributed by atoms with Crippen molar-refractivity contribution in [2.45, 2.75) is 71.0 Å². The molecule has 3 heteroatoms. The molecule has 0 amide bonds. The molecular weight excluding hydrogens is 324 g/mol. The van der Waals surface area contributed by atoms with Crippen LogP contribution in [0.5, 0.6) is 0 Å². The highest BCUT2D eigenvalue weighted by atomic mass is 79.9. The second kappa shape index (κ2) is 7.15. The van der Waals surface area contributed by atoms with Crippen molar-refractivity contribution in [3.05, 3.63) is 28.2 Å². The molecule has 118 valence electrons. The molecular formula is C18H29BrN2. The Morgan fingerprint density at radius 1 is 1.19 bits per heavy atom. The summed E-state index contributed by atoms with van der Waals surface area (Å²) in [5, 5.41) is 3.62. The molecule has 0 saturated heterocycles. The van der Waals surface area contributed by atoms with Crippen molar-refractivity contribution < 1.29 is 0 Å². The fourth-order valence-corrected chi connectivity index (χ4v) is 3.47. The SMILES string of the molecule is CN(c1ccc(Br)cc1CNC(C)(C)C)C1CCCCC1. The normalized spacial score (nSPS) is 17.0. The van der Waals surface area contributed by atoms with Crippen LogP contribution >= 0.6 is 15.9 Å². The van der Waals surface area contributed by atoms with Gasteiger partial charge in [0.25, 0.3) is 0 Å². The highest BCUT2D eigenvalue weighted by molar-refractivity contribution is 9.10. The third kappa shape index (κ3) is 5.00. The number of halogens is 1. The average molecular weight is 353 g/mol. The molecule has 0 aromatic heterocycles. The lowest BCUT2D eigenvalue weighted by Crippen LogP contribution is -2.37. The quantitative estimate of drug-likeness (QED) is 0.810. The third-order valence-electron chi connectivity index (χ3n) is 4.35. The predicted molar refractivity (Wildman–Crippen MR) is 96.0 cm³/mol. The smallest absolute Gasteiger partial charge is 0.0412 e. The molecule has 21 heavy (non-hydrogen) atoms. The van der Waals surface area contributed by atoms with Gasteiger partial charge in [0.15, 0.2) is 0 Å². The lowest BCUT2D eigenvalue weighted by Gasteiger charge is -2.34. The zero-order chi connectivity index (χ0) is 15.5. The largest absolute Gasteiger partial charge is 0.371 e. The molecule has 1 aliphatic rings. The molecule has 2 rings (SSSR count). The first-order valence-electron chi connectivity index (χ1n) is 8.13. The molecule has 0 radical (unpaired) electrons. The van der Waals surface area contributed by atoms with Gasteiger partial charge >= 0.3 is 0 Å². The molecule has 0 bridgehead atoms. The third-order valence-corrected chi connectivity index (χ3v) is 4.85. The molecule has 2 nitrogen and oxygen atoms in total. The Hall–Kier alpha value is -0.540. The van der Waals surface area contributed by atoms with Gasteiger partial charge in [-0.25, -0.2) is 0 Å². The average Bonchev–Trinajstić information content (AvgIpc) is 2.45. The molecule has 1 fully saturated rings. The van der Waals surface area contributed by atoms with E-state index in [2.05, 4.69) is 72.2 Å². The summed E-state index contributed by atoms with van der Waals surface area (Å²) in [6, 6.07) is 7.38. The van der Waals surface area contributed by atoms with Gasteiger partial charge in [0.1, 0.15) is 0 Å². The fourth-order valence-electron chi connectivity index (χ4n) is 3.07. The maximum atomic E-state index is 3.62. The number of nitrogens with one attached hydrogen (secondary N) is 1. The van der Waals surface area contributed by atoms with E-state index in [1.165, 1.54) is 43.4 Å². The van der Waals surface area contributed by atoms with Gasteiger partial charge in [0.2, 0.25) is 0 Å². The van der Waals surface area contributed by atoms with Crippen LogP contribution in [0.2, 0.25) is 0 Å². The maximum absolute atomic E-state index is 3.62. The number of rotatable bonds is 4. The van der Waals surface area contributed by atoms with E-state index in [9.17, 15) is 0 Å². The molecule has 0 unspecified atom stereocenters. The minimum absolute atomic E-state index is 0.142. The molecule has 1 saturated carbocycles. The van der Waals surface area contributed by atoms with E-state index >= 15 is 0 Å². The first-order valence-corrected chi connectivity index (χ1v) is 8.92. The molecule has 1 aromatic rings. The summed E-state index contributed by atoms with van der Waals surface area (Å²) < 4.78 is 1.16. The van der Waals surface area contributed by atoms with Crippen molar-refractivity contribution in [1.82, 2.24) is 5.32 Å². The lowest BCUT2D eigenvalue weighted by atomic mass is 9.93. The van der Waals surface area contributed by atoms with E-state index < -0.39 is 0 Å². The molecule has 0 spiro atoms. The molecule has 0 heterocycles. The van der Waals surface area contributed by atoms with E-state index in [-0.39, 0.29) is 5.54 Å². The first-order chi connectivity index (χ1) is 9.87. The Balaban J connectivity index is 2.17.